The standard InChI is InChI=1S/C32H42O4/c1-3-5-7-23(4-2)18-31(32-22-35-32)36-29-9-6-8-27(19-29)26-12-10-24(11-13-26)25-14-16-28(17-15-25)33-20-30-21-34-30/h6,8-10,12,14-17,19,23-24,26,30-32H,3-5,7,11,13,18,20-22H2,1-2H3. The molecule has 0 bridgehead atoms. The molecule has 2 fully saturated rings. The second kappa shape index (κ2) is 12.3. The first kappa shape index (κ1) is 25.4. The Morgan fingerprint density at radius 3 is 2.28 bits per heavy atom. The maximum absolute atomic E-state index is 6.55. The lowest BCUT2D eigenvalue weighted by molar-refractivity contribution is 0.127. The molecule has 0 radical (unpaired) electrons. The molecule has 2 aromatic carbocycles. The van der Waals surface area contributed by atoms with E-state index in [0.717, 1.165) is 44.0 Å². The first-order chi connectivity index (χ1) is 17.7. The number of allylic oxidation sites excluding steroid dienone is 2. The minimum absolute atomic E-state index is 0.164. The Hall–Kier alpha value is -2.30. The van der Waals surface area contributed by atoms with Crippen LogP contribution in [-0.4, -0.2) is 38.1 Å². The van der Waals surface area contributed by atoms with Crippen LogP contribution >= 0.6 is 0 Å². The highest BCUT2D eigenvalue weighted by Crippen LogP contribution is 2.37. The minimum Gasteiger partial charge on any atom is -0.491 e. The summed E-state index contributed by atoms with van der Waals surface area (Å²) in [6.45, 7) is 6.90. The van der Waals surface area contributed by atoms with E-state index in [1.165, 1.54) is 36.8 Å². The summed E-state index contributed by atoms with van der Waals surface area (Å²) >= 11 is 0. The number of rotatable bonds is 14. The van der Waals surface area contributed by atoms with Crippen molar-refractivity contribution >= 4 is 0 Å². The van der Waals surface area contributed by atoms with E-state index in [-0.39, 0.29) is 12.2 Å². The maximum atomic E-state index is 6.55. The third-order valence-electron chi connectivity index (χ3n) is 7.97. The number of unbranched alkanes of at least 4 members (excludes halogenated alkanes) is 1. The van der Waals surface area contributed by atoms with Crippen molar-refractivity contribution in [2.75, 3.05) is 19.8 Å². The normalized spacial score (nSPS) is 26.3. The number of benzene rings is 2. The van der Waals surface area contributed by atoms with E-state index >= 15 is 0 Å². The van der Waals surface area contributed by atoms with Crippen molar-refractivity contribution in [3.63, 3.8) is 0 Å². The van der Waals surface area contributed by atoms with Gasteiger partial charge in [0.2, 0.25) is 0 Å². The zero-order valence-corrected chi connectivity index (χ0v) is 21.9. The summed E-state index contributed by atoms with van der Waals surface area (Å²) in [6, 6.07) is 17.3. The summed E-state index contributed by atoms with van der Waals surface area (Å²) in [7, 11) is 0. The fraction of sp³-hybridized carbons (Fsp3) is 0.562. The predicted molar refractivity (Wildman–Crippen MR) is 144 cm³/mol. The molecule has 6 atom stereocenters. The first-order valence-electron chi connectivity index (χ1n) is 14.1. The van der Waals surface area contributed by atoms with Crippen LogP contribution in [-0.2, 0) is 9.47 Å². The number of epoxide rings is 2. The van der Waals surface area contributed by atoms with Gasteiger partial charge in [-0.1, -0.05) is 75.9 Å². The average Bonchev–Trinajstić information content (AvgIpc) is 3.84. The van der Waals surface area contributed by atoms with Crippen LogP contribution in [0.3, 0.4) is 0 Å². The fourth-order valence-electron chi connectivity index (χ4n) is 5.39. The van der Waals surface area contributed by atoms with E-state index in [2.05, 4.69) is 74.5 Å². The molecular weight excluding hydrogens is 448 g/mol. The van der Waals surface area contributed by atoms with Gasteiger partial charge in [0.15, 0.2) is 0 Å². The van der Waals surface area contributed by atoms with E-state index in [1.54, 1.807) is 0 Å². The highest BCUT2D eigenvalue weighted by Gasteiger charge is 2.36. The van der Waals surface area contributed by atoms with Gasteiger partial charge >= 0.3 is 0 Å². The molecule has 0 spiro atoms. The average molecular weight is 491 g/mol. The predicted octanol–water partition coefficient (Wildman–Crippen LogP) is 7.43. The highest BCUT2D eigenvalue weighted by atomic mass is 16.6. The van der Waals surface area contributed by atoms with Crippen molar-refractivity contribution < 1.29 is 18.9 Å². The molecule has 5 rings (SSSR count). The van der Waals surface area contributed by atoms with Gasteiger partial charge in [-0.05, 0) is 60.6 Å². The molecule has 0 saturated carbocycles. The van der Waals surface area contributed by atoms with Crippen molar-refractivity contribution in [1.29, 1.82) is 0 Å². The summed E-state index contributed by atoms with van der Waals surface area (Å²) < 4.78 is 23.2. The summed E-state index contributed by atoms with van der Waals surface area (Å²) in [5.41, 5.74) is 2.71. The van der Waals surface area contributed by atoms with Crippen LogP contribution in [0.4, 0.5) is 0 Å². The second-order valence-corrected chi connectivity index (χ2v) is 10.8. The molecule has 1 aliphatic carbocycles. The third-order valence-corrected chi connectivity index (χ3v) is 7.97. The largest absolute Gasteiger partial charge is 0.491 e. The molecule has 194 valence electrons. The maximum Gasteiger partial charge on any atom is 0.127 e. The van der Waals surface area contributed by atoms with Crippen LogP contribution in [0.15, 0.2) is 60.7 Å². The van der Waals surface area contributed by atoms with Gasteiger partial charge in [0.25, 0.3) is 0 Å². The number of hydrogen-bond acceptors (Lipinski definition) is 4. The Morgan fingerprint density at radius 1 is 0.889 bits per heavy atom. The van der Waals surface area contributed by atoms with Gasteiger partial charge in [-0.15, -0.1) is 0 Å². The zero-order chi connectivity index (χ0) is 24.7. The number of ether oxygens (including phenoxy) is 4. The van der Waals surface area contributed by atoms with E-state index in [1.807, 2.05) is 0 Å². The Labute approximate surface area is 217 Å². The molecular formula is C32H42O4. The van der Waals surface area contributed by atoms with Crippen molar-refractivity contribution in [3.05, 3.63) is 71.8 Å². The van der Waals surface area contributed by atoms with Crippen LogP contribution < -0.4 is 9.47 Å². The van der Waals surface area contributed by atoms with E-state index in [9.17, 15) is 0 Å². The van der Waals surface area contributed by atoms with E-state index in [0.29, 0.717) is 30.5 Å². The van der Waals surface area contributed by atoms with Gasteiger partial charge in [-0.2, -0.15) is 0 Å². The summed E-state index contributed by atoms with van der Waals surface area (Å²) in [4.78, 5) is 0. The topological polar surface area (TPSA) is 43.5 Å². The van der Waals surface area contributed by atoms with Crippen LogP contribution in [0, 0.1) is 5.92 Å². The quantitative estimate of drug-likeness (QED) is 0.204. The van der Waals surface area contributed by atoms with Crippen LogP contribution in [0.25, 0.3) is 0 Å². The molecule has 0 amide bonds. The Balaban J connectivity index is 1.17. The lowest BCUT2D eigenvalue weighted by Crippen LogP contribution is -2.26. The first-order valence-corrected chi connectivity index (χ1v) is 14.1. The molecule has 2 aliphatic heterocycles. The van der Waals surface area contributed by atoms with Gasteiger partial charge in [0.1, 0.15) is 36.4 Å². The molecule has 0 aromatic heterocycles. The van der Waals surface area contributed by atoms with Crippen LogP contribution in [0.2, 0.25) is 0 Å². The molecule has 36 heavy (non-hydrogen) atoms. The minimum atomic E-state index is 0.164. The van der Waals surface area contributed by atoms with E-state index in [4.69, 9.17) is 18.9 Å². The Kier molecular flexibility index (Phi) is 8.66. The van der Waals surface area contributed by atoms with Crippen molar-refractivity contribution in [1.82, 2.24) is 0 Å². The van der Waals surface area contributed by atoms with E-state index < -0.39 is 0 Å². The van der Waals surface area contributed by atoms with Crippen molar-refractivity contribution in [2.45, 2.75) is 88.9 Å². The third kappa shape index (κ3) is 7.14. The molecule has 6 unspecified atom stereocenters. The van der Waals surface area contributed by atoms with Gasteiger partial charge in [-0.3, -0.25) is 0 Å². The summed E-state index contributed by atoms with van der Waals surface area (Å²) in [5, 5.41) is 0. The molecule has 3 aliphatic rings. The molecule has 4 nitrogen and oxygen atoms in total. The van der Waals surface area contributed by atoms with Gasteiger partial charge in [0, 0.05) is 11.8 Å². The van der Waals surface area contributed by atoms with Crippen LogP contribution in [0.1, 0.15) is 81.8 Å². The Morgan fingerprint density at radius 2 is 1.64 bits per heavy atom. The van der Waals surface area contributed by atoms with Crippen LogP contribution in [0.5, 0.6) is 11.5 Å². The molecule has 2 saturated heterocycles. The van der Waals surface area contributed by atoms with Crippen molar-refractivity contribution in [3.8, 4) is 11.5 Å². The fourth-order valence-corrected chi connectivity index (χ4v) is 5.39. The smallest absolute Gasteiger partial charge is 0.127 e. The monoisotopic (exact) mass is 490 g/mol. The SMILES string of the molecule is CCCCC(CC)CC(Oc1cccc(C2C=CC(c3ccc(OCC4CO4)cc3)CC2)c1)C1CO1. The summed E-state index contributed by atoms with van der Waals surface area (Å²) in [5.74, 6) is 3.53. The molecule has 2 heterocycles. The molecule has 4 heteroatoms. The second-order valence-electron chi connectivity index (χ2n) is 10.8. The van der Waals surface area contributed by atoms with Crippen molar-refractivity contribution in [2.24, 2.45) is 5.92 Å². The molecule has 0 N–H and O–H groups in total. The zero-order valence-electron chi connectivity index (χ0n) is 21.9. The van der Waals surface area contributed by atoms with Gasteiger partial charge in [0.05, 0.1) is 13.2 Å². The Bertz CT molecular complexity index is 976. The summed E-state index contributed by atoms with van der Waals surface area (Å²) in [6.07, 6.45) is 13.9. The van der Waals surface area contributed by atoms with Gasteiger partial charge < -0.3 is 18.9 Å². The number of hydrogen-bond donors (Lipinski definition) is 0. The van der Waals surface area contributed by atoms with Gasteiger partial charge in [-0.25, -0.2) is 0 Å². The lowest BCUT2D eigenvalue weighted by Gasteiger charge is -2.25. The highest BCUT2D eigenvalue weighted by molar-refractivity contribution is 5.37. The molecule has 2 aromatic rings. The lowest BCUT2D eigenvalue weighted by atomic mass is 9.81.